The van der Waals surface area contributed by atoms with Crippen molar-refractivity contribution in [3.05, 3.63) is 47.8 Å². The second kappa shape index (κ2) is 7.37. The van der Waals surface area contributed by atoms with Crippen LogP contribution in [0.25, 0.3) is 5.69 Å². The van der Waals surface area contributed by atoms with Crippen molar-refractivity contribution in [2.45, 2.75) is 19.5 Å². The standard InChI is InChI=1S/C16H16F3N3O3/c1-10(7-14(23)24)9-20-15(25)11-3-2-4-12(8-11)22-6-5-13(21-22)16(17,18)19/h2-6,8,10H,7,9H2,1H3,(H,20,25)(H,23,24). The number of carboxylic acids is 1. The van der Waals surface area contributed by atoms with E-state index in [0.717, 1.165) is 16.9 Å². The molecule has 0 aliphatic heterocycles. The van der Waals surface area contributed by atoms with Crippen molar-refractivity contribution in [1.82, 2.24) is 15.1 Å². The average Bonchev–Trinajstić information content (AvgIpc) is 3.02. The Kier molecular flexibility index (Phi) is 5.45. The van der Waals surface area contributed by atoms with Crippen molar-refractivity contribution in [2.75, 3.05) is 6.54 Å². The number of aliphatic carboxylic acids is 1. The number of halogens is 3. The van der Waals surface area contributed by atoms with Crippen LogP contribution in [0.1, 0.15) is 29.4 Å². The molecule has 0 spiro atoms. The van der Waals surface area contributed by atoms with Crippen LogP contribution in [0.4, 0.5) is 13.2 Å². The molecule has 2 rings (SSSR count). The first-order chi connectivity index (χ1) is 11.7. The molecule has 1 heterocycles. The van der Waals surface area contributed by atoms with Crippen molar-refractivity contribution in [3.8, 4) is 5.69 Å². The van der Waals surface area contributed by atoms with Crippen LogP contribution in [0, 0.1) is 5.92 Å². The molecule has 25 heavy (non-hydrogen) atoms. The van der Waals surface area contributed by atoms with Gasteiger partial charge in [-0.1, -0.05) is 13.0 Å². The van der Waals surface area contributed by atoms with Crippen LogP contribution >= 0.6 is 0 Å². The number of amides is 1. The zero-order chi connectivity index (χ0) is 18.6. The molecule has 9 heteroatoms. The zero-order valence-corrected chi connectivity index (χ0v) is 13.2. The van der Waals surface area contributed by atoms with Gasteiger partial charge in [-0.3, -0.25) is 9.59 Å². The first kappa shape index (κ1) is 18.5. The Bertz CT molecular complexity index is 771. The zero-order valence-electron chi connectivity index (χ0n) is 13.2. The molecule has 6 nitrogen and oxygen atoms in total. The number of nitrogens with one attached hydrogen (secondary N) is 1. The lowest BCUT2D eigenvalue weighted by atomic mass is 10.1. The summed E-state index contributed by atoms with van der Waals surface area (Å²) < 4.78 is 38.9. The molecule has 1 amide bonds. The molecule has 2 aromatic rings. The van der Waals surface area contributed by atoms with Gasteiger partial charge in [0.2, 0.25) is 0 Å². The van der Waals surface area contributed by atoms with E-state index in [1.54, 1.807) is 6.92 Å². The van der Waals surface area contributed by atoms with E-state index < -0.39 is 23.7 Å². The average molecular weight is 355 g/mol. The van der Waals surface area contributed by atoms with Crippen molar-refractivity contribution >= 4 is 11.9 Å². The van der Waals surface area contributed by atoms with Gasteiger partial charge in [-0.2, -0.15) is 18.3 Å². The lowest BCUT2D eigenvalue weighted by molar-refractivity contribution is -0.141. The lowest BCUT2D eigenvalue weighted by Gasteiger charge is -2.11. The molecule has 0 saturated heterocycles. The molecular weight excluding hydrogens is 339 g/mol. The highest BCUT2D eigenvalue weighted by Crippen LogP contribution is 2.27. The summed E-state index contributed by atoms with van der Waals surface area (Å²) in [7, 11) is 0. The molecule has 0 aliphatic carbocycles. The van der Waals surface area contributed by atoms with E-state index in [1.165, 1.54) is 24.3 Å². The first-order valence-corrected chi connectivity index (χ1v) is 7.40. The highest BCUT2D eigenvalue weighted by molar-refractivity contribution is 5.94. The Balaban J connectivity index is 2.09. The summed E-state index contributed by atoms with van der Waals surface area (Å²) in [6, 6.07) is 6.82. The lowest BCUT2D eigenvalue weighted by Crippen LogP contribution is -2.29. The van der Waals surface area contributed by atoms with Crippen LogP contribution in [0.3, 0.4) is 0 Å². The summed E-state index contributed by atoms with van der Waals surface area (Å²) in [6.45, 7) is 1.86. The van der Waals surface area contributed by atoms with E-state index >= 15 is 0 Å². The Labute approximate surface area is 141 Å². The molecule has 1 unspecified atom stereocenters. The second-order valence-corrected chi connectivity index (χ2v) is 5.61. The molecule has 0 saturated carbocycles. The minimum atomic E-state index is -4.54. The summed E-state index contributed by atoms with van der Waals surface area (Å²) >= 11 is 0. The maximum absolute atomic E-state index is 12.6. The summed E-state index contributed by atoms with van der Waals surface area (Å²) in [4.78, 5) is 22.7. The van der Waals surface area contributed by atoms with Gasteiger partial charge >= 0.3 is 12.1 Å². The number of nitrogens with zero attached hydrogens (tertiary/aromatic N) is 2. The van der Waals surface area contributed by atoms with Gasteiger partial charge in [0.15, 0.2) is 5.69 Å². The van der Waals surface area contributed by atoms with Crippen molar-refractivity contribution < 1.29 is 27.9 Å². The third-order valence-electron chi connectivity index (χ3n) is 3.39. The first-order valence-electron chi connectivity index (χ1n) is 7.40. The maximum atomic E-state index is 12.6. The number of carbonyl (C=O) groups excluding carboxylic acids is 1. The Morgan fingerprint density at radius 1 is 1.32 bits per heavy atom. The van der Waals surface area contributed by atoms with E-state index in [9.17, 15) is 22.8 Å². The minimum Gasteiger partial charge on any atom is -0.481 e. The molecule has 0 fully saturated rings. The van der Waals surface area contributed by atoms with E-state index in [1.807, 2.05) is 0 Å². The molecule has 1 aromatic heterocycles. The monoisotopic (exact) mass is 355 g/mol. The number of benzene rings is 1. The quantitative estimate of drug-likeness (QED) is 0.834. The molecule has 134 valence electrons. The van der Waals surface area contributed by atoms with E-state index in [2.05, 4.69) is 10.4 Å². The van der Waals surface area contributed by atoms with Crippen LogP contribution < -0.4 is 5.32 Å². The number of carbonyl (C=O) groups is 2. The third-order valence-corrected chi connectivity index (χ3v) is 3.39. The van der Waals surface area contributed by atoms with Crippen molar-refractivity contribution in [1.29, 1.82) is 0 Å². The normalized spacial score (nSPS) is 12.6. The number of carboxylic acid groups (broad SMARTS) is 1. The van der Waals surface area contributed by atoms with Crippen LogP contribution in [0.2, 0.25) is 0 Å². The number of hydrogen-bond donors (Lipinski definition) is 2. The Hall–Kier alpha value is -2.84. The van der Waals surface area contributed by atoms with Crippen LogP contribution in [-0.2, 0) is 11.0 Å². The largest absolute Gasteiger partial charge is 0.481 e. The smallest absolute Gasteiger partial charge is 0.435 e. The van der Waals surface area contributed by atoms with Crippen molar-refractivity contribution in [3.63, 3.8) is 0 Å². The summed E-state index contributed by atoms with van der Waals surface area (Å²) in [6.07, 6.45) is -3.46. The predicted molar refractivity (Wildman–Crippen MR) is 82.3 cm³/mol. The summed E-state index contributed by atoms with van der Waals surface area (Å²) in [5, 5.41) is 14.7. The van der Waals surface area contributed by atoms with Gasteiger partial charge in [0.25, 0.3) is 5.91 Å². The number of alkyl halides is 3. The number of aromatic nitrogens is 2. The maximum Gasteiger partial charge on any atom is 0.435 e. The molecular formula is C16H16F3N3O3. The molecule has 1 atom stereocenters. The molecule has 0 aliphatic rings. The number of rotatable bonds is 6. The van der Waals surface area contributed by atoms with E-state index in [-0.39, 0.29) is 24.4 Å². The SMILES string of the molecule is CC(CNC(=O)c1cccc(-n2ccc(C(F)(F)F)n2)c1)CC(=O)O. The fourth-order valence-electron chi connectivity index (χ4n) is 2.15. The summed E-state index contributed by atoms with van der Waals surface area (Å²) in [5.74, 6) is -1.64. The van der Waals surface area contributed by atoms with Gasteiger partial charge < -0.3 is 10.4 Å². The number of hydrogen-bond acceptors (Lipinski definition) is 3. The molecule has 0 radical (unpaired) electrons. The highest BCUT2D eigenvalue weighted by Gasteiger charge is 2.33. The van der Waals surface area contributed by atoms with Gasteiger partial charge in [-0.15, -0.1) is 0 Å². The van der Waals surface area contributed by atoms with E-state index in [4.69, 9.17) is 5.11 Å². The van der Waals surface area contributed by atoms with Gasteiger partial charge in [0, 0.05) is 24.7 Å². The Morgan fingerprint density at radius 2 is 2.04 bits per heavy atom. The van der Waals surface area contributed by atoms with Gasteiger partial charge in [0.05, 0.1) is 5.69 Å². The van der Waals surface area contributed by atoms with Crippen LogP contribution in [0.15, 0.2) is 36.5 Å². The molecule has 1 aromatic carbocycles. The van der Waals surface area contributed by atoms with Crippen LogP contribution in [0.5, 0.6) is 0 Å². The van der Waals surface area contributed by atoms with Crippen molar-refractivity contribution in [2.24, 2.45) is 5.92 Å². The second-order valence-electron chi connectivity index (χ2n) is 5.61. The Morgan fingerprint density at radius 3 is 2.64 bits per heavy atom. The van der Waals surface area contributed by atoms with Gasteiger partial charge in [0.1, 0.15) is 0 Å². The topological polar surface area (TPSA) is 84.2 Å². The highest BCUT2D eigenvalue weighted by atomic mass is 19.4. The fourth-order valence-corrected chi connectivity index (χ4v) is 2.15. The van der Waals surface area contributed by atoms with Crippen LogP contribution in [-0.4, -0.2) is 33.3 Å². The molecule has 0 bridgehead atoms. The van der Waals surface area contributed by atoms with Gasteiger partial charge in [-0.05, 0) is 30.2 Å². The molecule has 2 N–H and O–H groups in total. The van der Waals surface area contributed by atoms with E-state index in [0.29, 0.717) is 5.69 Å². The predicted octanol–water partition coefficient (Wildman–Crippen LogP) is 2.73. The third kappa shape index (κ3) is 5.07. The van der Waals surface area contributed by atoms with Gasteiger partial charge in [-0.25, -0.2) is 4.68 Å². The summed E-state index contributed by atoms with van der Waals surface area (Å²) in [5.41, 5.74) is -0.476. The minimum absolute atomic E-state index is 0.0756. The fraction of sp³-hybridized carbons (Fsp3) is 0.312.